The molecule has 0 aliphatic carbocycles. The Morgan fingerprint density at radius 1 is 0.556 bits per heavy atom. The fraction of sp³-hybridized carbons (Fsp3) is 0.735. The molecule has 0 unspecified atom stereocenters. The van der Waals surface area contributed by atoms with E-state index in [1.807, 2.05) is 0 Å². The van der Waals surface area contributed by atoms with Gasteiger partial charge >= 0.3 is 0 Å². The molecular weight excluding hydrogens is 436 g/mol. The monoisotopic (exact) mass is 495 g/mol. The van der Waals surface area contributed by atoms with Crippen LogP contribution in [0.25, 0.3) is 0 Å². The normalized spacial score (nSPS) is 11.4. The minimum Gasteiger partial charge on any atom is -0.234 e. The van der Waals surface area contributed by atoms with Crippen molar-refractivity contribution in [3.05, 3.63) is 54.1 Å². The van der Waals surface area contributed by atoms with Gasteiger partial charge in [-0.2, -0.15) is 0 Å². The highest BCUT2D eigenvalue weighted by Gasteiger charge is 2.16. The summed E-state index contributed by atoms with van der Waals surface area (Å²) in [5.74, 6) is 1.56. The van der Waals surface area contributed by atoms with Gasteiger partial charge in [-0.15, -0.1) is 0 Å². The summed E-state index contributed by atoms with van der Waals surface area (Å²) in [6, 6.07) is 10.9. The van der Waals surface area contributed by atoms with Crippen LogP contribution in [0.15, 0.2) is 42.7 Å². The van der Waals surface area contributed by atoms with Crippen LogP contribution in [-0.2, 0) is 25.9 Å². The van der Waals surface area contributed by atoms with Crippen molar-refractivity contribution in [1.29, 1.82) is 0 Å². The van der Waals surface area contributed by atoms with E-state index in [4.69, 9.17) is 0 Å². The second-order valence-electron chi connectivity index (χ2n) is 11.1. The summed E-state index contributed by atoms with van der Waals surface area (Å²) in [7, 11) is 0. The minimum absolute atomic E-state index is 1.14. The van der Waals surface area contributed by atoms with Crippen LogP contribution in [-0.4, -0.2) is 4.57 Å². The van der Waals surface area contributed by atoms with Gasteiger partial charge in [0.15, 0.2) is 0 Å². The Morgan fingerprint density at radius 2 is 1.08 bits per heavy atom. The van der Waals surface area contributed by atoms with Crippen molar-refractivity contribution >= 4 is 0 Å². The lowest BCUT2D eigenvalue weighted by molar-refractivity contribution is -0.704. The standard InChI is InChI=1S/C34H59N2/c1-3-5-7-8-9-10-11-12-13-14-15-16-17-18-23-29-35-31-32-36(34(35)28-20-6-4-2)30-24-27-33-25-21-19-22-26-33/h19,21-22,25-26,31-32H,3-18,20,23-24,27-30H2,1-2H3/q+1. The van der Waals surface area contributed by atoms with E-state index in [2.05, 4.69) is 65.7 Å². The summed E-state index contributed by atoms with van der Waals surface area (Å²) in [4.78, 5) is 0. The maximum atomic E-state index is 2.57. The average Bonchev–Trinajstić information content (AvgIpc) is 3.28. The second kappa shape index (κ2) is 21.5. The van der Waals surface area contributed by atoms with Gasteiger partial charge in [-0.25, -0.2) is 9.13 Å². The molecule has 2 rings (SSSR count). The highest BCUT2D eigenvalue weighted by atomic mass is 15.1. The topological polar surface area (TPSA) is 8.81 Å². The van der Waals surface area contributed by atoms with Crippen molar-refractivity contribution in [3.63, 3.8) is 0 Å². The maximum absolute atomic E-state index is 2.57. The molecule has 0 N–H and O–H groups in total. The molecule has 0 saturated carbocycles. The Labute approximate surface area is 224 Å². The third kappa shape index (κ3) is 14.2. The van der Waals surface area contributed by atoms with Crippen LogP contribution in [0.3, 0.4) is 0 Å². The summed E-state index contributed by atoms with van der Waals surface area (Å²) in [6.07, 6.45) is 33.8. The van der Waals surface area contributed by atoms with Crippen LogP contribution in [0.2, 0.25) is 0 Å². The van der Waals surface area contributed by atoms with Crippen LogP contribution in [0.1, 0.15) is 147 Å². The van der Waals surface area contributed by atoms with Crippen molar-refractivity contribution in [2.75, 3.05) is 0 Å². The van der Waals surface area contributed by atoms with Crippen molar-refractivity contribution in [1.82, 2.24) is 4.57 Å². The molecule has 0 bridgehead atoms. The van der Waals surface area contributed by atoms with Gasteiger partial charge in [0.1, 0.15) is 12.4 Å². The predicted molar refractivity (Wildman–Crippen MR) is 158 cm³/mol. The molecule has 36 heavy (non-hydrogen) atoms. The molecule has 1 aromatic carbocycles. The first-order valence-corrected chi connectivity index (χ1v) is 16.0. The molecule has 2 nitrogen and oxygen atoms in total. The second-order valence-corrected chi connectivity index (χ2v) is 11.1. The molecule has 0 atom stereocenters. The number of unbranched alkanes of at least 4 members (excludes halogenated alkanes) is 16. The van der Waals surface area contributed by atoms with Gasteiger partial charge in [0.2, 0.25) is 0 Å². The Balaban J connectivity index is 1.56. The maximum Gasteiger partial charge on any atom is 0.256 e. The smallest absolute Gasteiger partial charge is 0.234 e. The van der Waals surface area contributed by atoms with Crippen LogP contribution in [0.5, 0.6) is 0 Å². The molecular formula is C34H59N2+. The van der Waals surface area contributed by atoms with Crippen LogP contribution in [0, 0.1) is 0 Å². The summed E-state index contributed by atoms with van der Waals surface area (Å²) < 4.78 is 5.12. The third-order valence-corrected chi connectivity index (χ3v) is 7.80. The lowest BCUT2D eigenvalue weighted by Crippen LogP contribution is -2.37. The lowest BCUT2D eigenvalue weighted by atomic mass is 10.0. The Hall–Kier alpha value is -1.57. The SMILES string of the molecule is CCCCCCCCCCCCCCCCCn1cc[n+](CCCc2ccccc2)c1CCCCC. The summed E-state index contributed by atoms with van der Waals surface area (Å²) >= 11 is 0. The van der Waals surface area contributed by atoms with Crippen LogP contribution in [0.4, 0.5) is 0 Å². The molecule has 0 aliphatic heterocycles. The first-order chi connectivity index (χ1) is 17.8. The van der Waals surface area contributed by atoms with Crippen molar-refractivity contribution in [2.24, 2.45) is 0 Å². The molecule has 1 heterocycles. The Bertz CT molecular complexity index is 733. The van der Waals surface area contributed by atoms with Gasteiger partial charge in [0, 0.05) is 6.42 Å². The van der Waals surface area contributed by atoms with Gasteiger partial charge in [0.25, 0.3) is 5.82 Å². The van der Waals surface area contributed by atoms with Crippen molar-refractivity contribution < 1.29 is 4.57 Å². The molecule has 0 saturated heterocycles. The van der Waals surface area contributed by atoms with Crippen molar-refractivity contribution in [2.45, 2.75) is 162 Å². The van der Waals surface area contributed by atoms with E-state index < -0.39 is 0 Å². The zero-order chi connectivity index (χ0) is 25.5. The highest BCUT2D eigenvalue weighted by molar-refractivity contribution is 5.14. The molecule has 0 radical (unpaired) electrons. The van der Waals surface area contributed by atoms with E-state index in [0.29, 0.717) is 0 Å². The number of nitrogens with zero attached hydrogens (tertiary/aromatic N) is 2. The molecule has 2 heteroatoms. The number of hydrogen-bond acceptors (Lipinski definition) is 0. The summed E-state index contributed by atoms with van der Waals surface area (Å²) in [6.45, 7) is 6.95. The fourth-order valence-corrected chi connectivity index (χ4v) is 5.48. The van der Waals surface area contributed by atoms with E-state index >= 15 is 0 Å². The van der Waals surface area contributed by atoms with Gasteiger partial charge in [-0.1, -0.05) is 140 Å². The minimum atomic E-state index is 1.14. The third-order valence-electron chi connectivity index (χ3n) is 7.80. The lowest BCUT2D eigenvalue weighted by Gasteiger charge is -2.07. The number of aryl methyl sites for hydroxylation is 3. The van der Waals surface area contributed by atoms with E-state index in [1.165, 1.54) is 147 Å². The molecule has 0 aliphatic rings. The Morgan fingerprint density at radius 3 is 1.67 bits per heavy atom. The van der Waals surface area contributed by atoms with Gasteiger partial charge in [-0.3, -0.25) is 0 Å². The van der Waals surface area contributed by atoms with E-state index in [1.54, 1.807) is 5.82 Å². The summed E-state index contributed by atoms with van der Waals surface area (Å²) in [5.41, 5.74) is 1.46. The Kier molecular flexibility index (Phi) is 18.3. The summed E-state index contributed by atoms with van der Waals surface area (Å²) in [5, 5.41) is 0. The number of imidazole rings is 1. The molecule has 204 valence electrons. The average molecular weight is 496 g/mol. The number of benzene rings is 1. The van der Waals surface area contributed by atoms with E-state index in [0.717, 1.165) is 6.54 Å². The van der Waals surface area contributed by atoms with Gasteiger partial charge in [-0.05, 0) is 37.7 Å². The fourth-order valence-electron chi connectivity index (χ4n) is 5.48. The van der Waals surface area contributed by atoms with Crippen molar-refractivity contribution in [3.8, 4) is 0 Å². The van der Waals surface area contributed by atoms with Crippen LogP contribution < -0.4 is 4.57 Å². The highest BCUT2D eigenvalue weighted by Crippen LogP contribution is 2.14. The van der Waals surface area contributed by atoms with E-state index in [9.17, 15) is 0 Å². The quantitative estimate of drug-likeness (QED) is 0.101. The molecule has 2 aromatic rings. The molecule has 0 spiro atoms. The molecule has 0 fully saturated rings. The van der Waals surface area contributed by atoms with Crippen LogP contribution >= 0.6 is 0 Å². The number of aromatic nitrogens is 2. The first-order valence-electron chi connectivity index (χ1n) is 16.0. The van der Waals surface area contributed by atoms with E-state index in [-0.39, 0.29) is 0 Å². The molecule has 0 amide bonds. The zero-order valence-corrected chi connectivity index (χ0v) is 24.2. The van der Waals surface area contributed by atoms with Gasteiger partial charge in [0.05, 0.1) is 13.1 Å². The predicted octanol–water partition coefficient (Wildman–Crippen LogP) is 10.0. The number of hydrogen-bond donors (Lipinski definition) is 0. The largest absolute Gasteiger partial charge is 0.256 e. The number of rotatable bonds is 24. The van der Waals surface area contributed by atoms with Gasteiger partial charge < -0.3 is 0 Å². The zero-order valence-electron chi connectivity index (χ0n) is 24.2. The first kappa shape index (κ1) is 30.7. The molecule has 1 aromatic heterocycles.